The lowest BCUT2D eigenvalue weighted by Gasteiger charge is -2.27. The van der Waals surface area contributed by atoms with Crippen LogP contribution in [0.4, 0.5) is 0 Å². The van der Waals surface area contributed by atoms with Crippen molar-refractivity contribution in [2.24, 2.45) is 5.92 Å². The molecule has 2 rings (SSSR count). The van der Waals surface area contributed by atoms with Crippen molar-refractivity contribution in [3.05, 3.63) is 48.0 Å². The second-order valence-corrected chi connectivity index (χ2v) is 4.14. The van der Waals surface area contributed by atoms with Crippen molar-refractivity contribution >= 4 is 0 Å². The summed E-state index contributed by atoms with van der Waals surface area (Å²) in [4.78, 5) is 2.12. The van der Waals surface area contributed by atoms with Gasteiger partial charge < -0.3 is 4.90 Å². The monoisotopic (exact) mass is 201 g/mol. The summed E-state index contributed by atoms with van der Waals surface area (Å²) in [5.74, 6) is 0.832. The topological polar surface area (TPSA) is 3.24 Å². The molecule has 1 heteroatoms. The lowest BCUT2D eigenvalue weighted by atomic mass is 9.95. The molecule has 0 N–H and O–H groups in total. The van der Waals surface area contributed by atoms with Gasteiger partial charge in [-0.1, -0.05) is 19.6 Å². The minimum absolute atomic E-state index is 0.832. The molecule has 1 aliphatic carbocycles. The molecular weight excluding hydrogens is 182 g/mol. The first kappa shape index (κ1) is 10.3. The first-order chi connectivity index (χ1) is 7.31. The number of rotatable bonds is 3. The van der Waals surface area contributed by atoms with Gasteiger partial charge in [-0.05, 0) is 49.3 Å². The van der Waals surface area contributed by atoms with E-state index in [1.54, 1.807) is 5.57 Å². The highest BCUT2D eigenvalue weighted by atomic mass is 15.1. The summed E-state index contributed by atoms with van der Waals surface area (Å²) < 4.78 is 0. The molecule has 0 atom stereocenters. The van der Waals surface area contributed by atoms with E-state index in [0.29, 0.717) is 0 Å². The Kier molecular flexibility index (Phi) is 2.81. The Balaban J connectivity index is 2.39. The van der Waals surface area contributed by atoms with Crippen LogP contribution in [0.25, 0.3) is 0 Å². The molecule has 1 nitrogen and oxygen atoms in total. The van der Waals surface area contributed by atoms with E-state index in [0.717, 1.165) is 12.3 Å². The van der Waals surface area contributed by atoms with E-state index in [1.807, 2.05) is 6.20 Å². The van der Waals surface area contributed by atoms with Crippen LogP contribution in [0.5, 0.6) is 0 Å². The standard InChI is InChI=1S/C14H19N/c1-4-12-13(11-7-8-11)9-10-15(6-3)14(12)5-2/h5-6,9-11H,3-4,7-8H2,1-2H3/b14-5-. The first-order valence-corrected chi connectivity index (χ1v) is 5.80. The fraction of sp³-hybridized carbons (Fsp3) is 0.429. The first-order valence-electron chi connectivity index (χ1n) is 5.80. The normalized spacial score (nSPS) is 23.9. The maximum atomic E-state index is 3.85. The molecule has 0 aromatic rings. The molecule has 0 spiro atoms. The van der Waals surface area contributed by atoms with Gasteiger partial charge in [-0.25, -0.2) is 0 Å². The largest absolute Gasteiger partial charge is 0.325 e. The lowest BCUT2D eigenvalue weighted by molar-refractivity contribution is 0.616. The van der Waals surface area contributed by atoms with E-state index >= 15 is 0 Å². The van der Waals surface area contributed by atoms with Gasteiger partial charge in [-0.3, -0.25) is 0 Å². The summed E-state index contributed by atoms with van der Waals surface area (Å²) in [6.07, 6.45) is 12.3. The van der Waals surface area contributed by atoms with E-state index in [2.05, 4.69) is 43.7 Å². The molecule has 0 aromatic carbocycles. The molecule has 0 bridgehead atoms. The molecule has 1 heterocycles. The van der Waals surface area contributed by atoms with Gasteiger partial charge in [0.25, 0.3) is 0 Å². The highest BCUT2D eigenvalue weighted by molar-refractivity contribution is 5.46. The Morgan fingerprint density at radius 3 is 2.73 bits per heavy atom. The fourth-order valence-corrected chi connectivity index (χ4v) is 2.29. The van der Waals surface area contributed by atoms with Crippen LogP contribution in [-0.2, 0) is 0 Å². The van der Waals surface area contributed by atoms with Crippen LogP contribution in [-0.4, -0.2) is 4.90 Å². The minimum atomic E-state index is 0.832. The average molecular weight is 201 g/mol. The average Bonchev–Trinajstić information content (AvgIpc) is 3.10. The zero-order valence-corrected chi connectivity index (χ0v) is 9.66. The van der Waals surface area contributed by atoms with E-state index in [4.69, 9.17) is 0 Å². The van der Waals surface area contributed by atoms with Crippen molar-refractivity contribution in [2.75, 3.05) is 0 Å². The smallest absolute Gasteiger partial charge is 0.0441 e. The van der Waals surface area contributed by atoms with Gasteiger partial charge in [0.1, 0.15) is 0 Å². The van der Waals surface area contributed by atoms with Crippen molar-refractivity contribution in [3.63, 3.8) is 0 Å². The summed E-state index contributed by atoms with van der Waals surface area (Å²) in [6, 6.07) is 0. The van der Waals surface area contributed by atoms with Gasteiger partial charge in [-0.2, -0.15) is 0 Å². The van der Waals surface area contributed by atoms with E-state index in [1.165, 1.54) is 24.1 Å². The predicted molar refractivity (Wildman–Crippen MR) is 65.0 cm³/mol. The lowest BCUT2D eigenvalue weighted by Crippen LogP contribution is -2.16. The summed E-state index contributed by atoms with van der Waals surface area (Å²) in [7, 11) is 0. The zero-order valence-electron chi connectivity index (χ0n) is 9.66. The predicted octanol–water partition coefficient (Wildman–Crippen LogP) is 3.98. The van der Waals surface area contributed by atoms with Crippen LogP contribution in [0.3, 0.4) is 0 Å². The van der Waals surface area contributed by atoms with E-state index < -0.39 is 0 Å². The number of nitrogens with zero attached hydrogens (tertiary/aromatic N) is 1. The minimum Gasteiger partial charge on any atom is -0.325 e. The van der Waals surface area contributed by atoms with Gasteiger partial charge in [0.15, 0.2) is 0 Å². The highest BCUT2D eigenvalue weighted by Gasteiger charge is 2.29. The fourth-order valence-electron chi connectivity index (χ4n) is 2.29. The molecule has 80 valence electrons. The van der Waals surface area contributed by atoms with Crippen molar-refractivity contribution in [1.29, 1.82) is 0 Å². The van der Waals surface area contributed by atoms with Crippen molar-refractivity contribution < 1.29 is 0 Å². The molecule has 1 aliphatic heterocycles. The van der Waals surface area contributed by atoms with E-state index in [9.17, 15) is 0 Å². The Labute approximate surface area is 92.5 Å². The number of allylic oxidation sites excluding steroid dienone is 4. The Bertz CT molecular complexity index is 354. The molecule has 2 aliphatic rings. The van der Waals surface area contributed by atoms with Crippen molar-refractivity contribution in [3.8, 4) is 0 Å². The Morgan fingerprint density at radius 1 is 1.53 bits per heavy atom. The van der Waals surface area contributed by atoms with Gasteiger partial charge in [0, 0.05) is 18.1 Å². The van der Waals surface area contributed by atoms with Crippen LogP contribution in [0.1, 0.15) is 33.1 Å². The Morgan fingerprint density at radius 2 is 2.27 bits per heavy atom. The second kappa shape index (κ2) is 4.09. The molecule has 15 heavy (non-hydrogen) atoms. The molecule has 1 fully saturated rings. The Hall–Kier alpha value is -1.24. The van der Waals surface area contributed by atoms with Gasteiger partial charge in [0.05, 0.1) is 0 Å². The number of hydrogen-bond donors (Lipinski definition) is 0. The third-order valence-corrected chi connectivity index (χ3v) is 3.19. The van der Waals surface area contributed by atoms with Gasteiger partial charge in [-0.15, -0.1) is 0 Å². The van der Waals surface area contributed by atoms with Crippen LogP contribution < -0.4 is 0 Å². The molecule has 0 amide bonds. The van der Waals surface area contributed by atoms with Crippen LogP contribution >= 0.6 is 0 Å². The molecule has 0 saturated heterocycles. The summed E-state index contributed by atoms with van der Waals surface area (Å²) >= 11 is 0. The van der Waals surface area contributed by atoms with Crippen LogP contribution in [0.15, 0.2) is 48.0 Å². The SMILES string of the molecule is C=CN1C=CC(C2CC2)=C(CC)/C1=C/C. The van der Waals surface area contributed by atoms with Crippen LogP contribution in [0.2, 0.25) is 0 Å². The quantitative estimate of drug-likeness (QED) is 0.667. The molecule has 0 radical (unpaired) electrons. The maximum Gasteiger partial charge on any atom is 0.0441 e. The van der Waals surface area contributed by atoms with Crippen LogP contribution in [0, 0.1) is 5.92 Å². The third kappa shape index (κ3) is 1.79. The molecule has 1 saturated carbocycles. The van der Waals surface area contributed by atoms with Gasteiger partial charge in [0.2, 0.25) is 0 Å². The number of hydrogen-bond acceptors (Lipinski definition) is 1. The third-order valence-electron chi connectivity index (χ3n) is 3.19. The van der Waals surface area contributed by atoms with Gasteiger partial charge >= 0.3 is 0 Å². The second-order valence-electron chi connectivity index (χ2n) is 4.14. The highest BCUT2D eigenvalue weighted by Crippen LogP contribution is 2.43. The molecule has 0 unspecified atom stereocenters. The maximum absolute atomic E-state index is 3.85. The summed E-state index contributed by atoms with van der Waals surface area (Å²) in [6.45, 7) is 8.19. The summed E-state index contributed by atoms with van der Waals surface area (Å²) in [5.41, 5.74) is 4.38. The zero-order chi connectivity index (χ0) is 10.8. The van der Waals surface area contributed by atoms with E-state index in [-0.39, 0.29) is 0 Å². The van der Waals surface area contributed by atoms with Crippen molar-refractivity contribution in [2.45, 2.75) is 33.1 Å². The molecule has 0 aromatic heterocycles. The van der Waals surface area contributed by atoms with Crippen molar-refractivity contribution in [1.82, 2.24) is 4.90 Å². The molecular formula is C14H19N. The summed E-state index contributed by atoms with van der Waals surface area (Å²) in [5, 5.41) is 0.